The fourth-order valence-electron chi connectivity index (χ4n) is 3.86. The first-order chi connectivity index (χ1) is 18.0. The van der Waals surface area contributed by atoms with Crippen molar-refractivity contribution in [2.24, 2.45) is 0 Å². The van der Waals surface area contributed by atoms with Crippen molar-refractivity contribution in [3.8, 4) is 11.7 Å². The summed E-state index contributed by atoms with van der Waals surface area (Å²) in [5.41, 5.74) is 1.48. The molecule has 1 fully saturated rings. The van der Waals surface area contributed by atoms with Crippen LogP contribution in [0.2, 0.25) is 0 Å². The van der Waals surface area contributed by atoms with Gasteiger partial charge in [-0.25, -0.2) is 13.8 Å². The Labute approximate surface area is 212 Å². The lowest BCUT2D eigenvalue weighted by Gasteiger charge is -2.27. The Hall–Kier alpha value is -3.97. The first kappa shape index (κ1) is 24.7. The van der Waals surface area contributed by atoms with E-state index in [1.807, 2.05) is 23.9 Å². The summed E-state index contributed by atoms with van der Waals surface area (Å²) in [5, 5.41) is 3.13. The topological polar surface area (TPSA) is 106 Å². The molecule has 1 N–H and O–H groups in total. The number of hydrogen-bond acceptors (Lipinski definition) is 10. The van der Waals surface area contributed by atoms with Gasteiger partial charge in [-0.15, -0.1) is 0 Å². The van der Waals surface area contributed by atoms with Gasteiger partial charge in [-0.1, -0.05) is 12.1 Å². The van der Waals surface area contributed by atoms with Crippen LogP contribution in [-0.2, 0) is 4.74 Å². The summed E-state index contributed by atoms with van der Waals surface area (Å²) in [6.45, 7) is 3.40. The van der Waals surface area contributed by atoms with E-state index in [4.69, 9.17) is 9.47 Å². The lowest BCUT2D eigenvalue weighted by molar-refractivity contribution is 0.122. The van der Waals surface area contributed by atoms with Crippen LogP contribution in [0.3, 0.4) is 0 Å². The summed E-state index contributed by atoms with van der Waals surface area (Å²) in [4.78, 5) is 25.9. The molecule has 37 heavy (non-hydrogen) atoms. The number of morpholine rings is 1. The molecule has 0 bridgehead atoms. The molecule has 1 aromatic carbocycles. The second kappa shape index (κ2) is 11.0. The number of para-hydroxylation sites is 2. The number of halogens is 2. The molecule has 0 atom stereocenters. The van der Waals surface area contributed by atoms with Gasteiger partial charge in [-0.2, -0.15) is 15.0 Å². The Morgan fingerprint density at radius 2 is 1.84 bits per heavy atom. The Bertz CT molecular complexity index is 1360. The van der Waals surface area contributed by atoms with Gasteiger partial charge in [-0.05, 0) is 26.2 Å². The maximum atomic E-state index is 14.0. The van der Waals surface area contributed by atoms with E-state index in [-0.39, 0.29) is 11.9 Å². The quantitative estimate of drug-likeness (QED) is 0.360. The van der Waals surface area contributed by atoms with Crippen molar-refractivity contribution in [2.75, 3.05) is 63.8 Å². The van der Waals surface area contributed by atoms with E-state index in [9.17, 15) is 8.78 Å². The van der Waals surface area contributed by atoms with E-state index in [2.05, 4.69) is 30.2 Å². The number of fused-ring (bicyclic) bond motifs is 1. The average molecular weight is 512 g/mol. The van der Waals surface area contributed by atoms with Crippen molar-refractivity contribution < 1.29 is 18.3 Å². The lowest BCUT2D eigenvalue weighted by atomic mass is 10.3. The summed E-state index contributed by atoms with van der Waals surface area (Å²) in [5.74, 6) is 0.700. The number of aromatic nitrogens is 6. The summed E-state index contributed by atoms with van der Waals surface area (Å²) >= 11 is 0. The maximum absolute atomic E-state index is 14.0. The van der Waals surface area contributed by atoms with Crippen molar-refractivity contribution in [1.29, 1.82) is 0 Å². The van der Waals surface area contributed by atoms with Crippen molar-refractivity contribution >= 4 is 28.6 Å². The fourth-order valence-corrected chi connectivity index (χ4v) is 3.86. The number of anilines is 3. The van der Waals surface area contributed by atoms with E-state index >= 15 is 0 Å². The van der Waals surface area contributed by atoms with E-state index in [0.29, 0.717) is 61.3 Å². The Morgan fingerprint density at radius 3 is 2.62 bits per heavy atom. The molecule has 1 saturated heterocycles. The number of rotatable bonds is 9. The van der Waals surface area contributed by atoms with E-state index in [1.165, 1.54) is 4.57 Å². The van der Waals surface area contributed by atoms with Gasteiger partial charge in [0, 0.05) is 25.7 Å². The van der Waals surface area contributed by atoms with E-state index < -0.39 is 12.2 Å². The molecule has 0 amide bonds. The summed E-state index contributed by atoms with van der Waals surface area (Å²) in [6.07, 6.45) is 0.395. The smallest absolute Gasteiger partial charge is 0.296 e. The molecule has 4 heterocycles. The van der Waals surface area contributed by atoms with Crippen molar-refractivity contribution in [1.82, 2.24) is 34.4 Å². The van der Waals surface area contributed by atoms with Crippen LogP contribution < -0.4 is 15.0 Å². The SMILES string of the molecule is CN(C)CCOc1cncc(Nc2nc(N3CCOCC3)nc(-n3c(C(F)F)nc4ccccc43)n2)c1. The molecule has 0 unspecified atom stereocenters. The van der Waals surface area contributed by atoms with Crippen molar-refractivity contribution in [2.45, 2.75) is 6.43 Å². The number of likely N-dealkylation sites (N-methyl/N-ethyl adjacent to an activating group) is 1. The molecular formula is C24H27F2N9O2. The second-order valence-electron chi connectivity index (χ2n) is 8.64. The lowest BCUT2D eigenvalue weighted by Crippen LogP contribution is -2.37. The maximum Gasteiger partial charge on any atom is 0.296 e. The molecule has 1 aliphatic heterocycles. The predicted molar refractivity (Wildman–Crippen MR) is 134 cm³/mol. The summed E-state index contributed by atoms with van der Waals surface area (Å²) in [6, 6.07) is 8.66. The highest BCUT2D eigenvalue weighted by atomic mass is 19.3. The fraction of sp³-hybridized carbons (Fsp3) is 0.375. The molecule has 5 rings (SSSR count). The zero-order chi connectivity index (χ0) is 25.8. The normalized spacial score (nSPS) is 14.1. The van der Waals surface area contributed by atoms with Crippen LogP contribution in [0.4, 0.5) is 26.4 Å². The average Bonchev–Trinajstić information content (AvgIpc) is 3.29. The van der Waals surface area contributed by atoms with Gasteiger partial charge >= 0.3 is 0 Å². The number of alkyl halides is 2. The number of imidazole rings is 1. The molecular weight excluding hydrogens is 484 g/mol. The van der Waals surface area contributed by atoms with Gasteiger partial charge in [0.2, 0.25) is 17.8 Å². The number of benzene rings is 1. The number of nitrogens with one attached hydrogen (secondary N) is 1. The zero-order valence-electron chi connectivity index (χ0n) is 20.5. The molecule has 4 aromatic rings. The molecule has 0 radical (unpaired) electrons. The van der Waals surface area contributed by atoms with Gasteiger partial charge in [0.05, 0.1) is 42.3 Å². The highest BCUT2D eigenvalue weighted by Gasteiger charge is 2.24. The van der Waals surface area contributed by atoms with Crippen LogP contribution in [0.25, 0.3) is 17.0 Å². The minimum absolute atomic E-state index is 0.0364. The van der Waals surface area contributed by atoms with Gasteiger partial charge in [-0.3, -0.25) is 9.55 Å². The van der Waals surface area contributed by atoms with Crippen LogP contribution >= 0.6 is 0 Å². The molecule has 11 nitrogen and oxygen atoms in total. The van der Waals surface area contributed by atoms with Crippen molar-refractivity contribution in [3.63, 3.8) is 0 Å². The van der Waals surface area contributed by atoms with Crippen LogP contribution in [0, 0.1) is 0 Å². The van der Waals surface area contributed by atoms with Crippen molar-refractivity contribution in [3.05, 3.63) is 48.5 Å². The highest BCUT2D eigenvalue weighted by molar-refractivity contribution is 5.77. The second-order valence-corrected chi connectivity index (χ2v) is 8.64. The third kappa shape index (κ3) is 5.73. The van der Waals surface area contributed by atoms with Gasteiger partial charge in [0.15, 0.2) is 5.82 Å². The van der Waals surface area contributed by atoms with Crippen LogP contribution in [0.1, 0.15) is 12.2 Å². The largest absolute Gasteiger partial charge is 0.491 e. The number of ether oxygens (including phenoxy) is 2. The molecule has 194 valence electrons. The van der Waals surface area contributed by atoms with E-state index in [0.717, 1.165) is 6.54 Å². The highest BCUT2D eigenvalue weighted by Crippen LogP contribution is 2.28. The monoisotopic (exact) mass is 511 g/mol. The molecule has 0 aliphatic carbocycles. The third-order valence-corrected chi connectivity index (χ3v) is 5.66. The summed E-state index contributed by atoms with van der Waals surface area (Å²) in [7, 11) is 3.93. The number of pyridine rings is 1. The Morgan fingerprint density at radius 1 is 1.05 bits per heavy atom. The van der Waals surface area contributed by atoms with E-state index in [1.54, 1.807) is 42.7 Å². The molecule has 0 saturated carbocycles. The van der Waals surface area contributed by atoms with Crippen LogP contribution in [0.15, 0.2) is 42.7 Å². The molecule has 0 spiro atoms. The predicted octanol–water partition coefficient (Wildman–Crippen LogP) is 3.06. The van der Waals surface area contributed by atoms with Gasteiger partial charge in [0.25, 0.3) is 6.43 Å². The minimum Gasteiger partial charge on any atom is -0.491 e. The summed E-state index contributed by atoms with van der Waals surface area (Å²) < 4.78 is 40.6. The minimum atomic E-state index is -2.83. The molecule has 1 aliphatic rings. The number of hydrogen-bond donors (Lipinski definition) is 1. The standard InChI is InChI=1S/C24H27F2N9O2/c1-33(2)7-12-37-17-13-16(14-27-15-17)28-22-30-23(34-8-10-36-11-9-34)32-24(31-22)35-19-6-4-3-5-18(19)29-21(35)20(25)26/h3-6,13-15,20H,7-12H2,1-2H3,(H,28,30,31,32). The Balaban J connectivity index is 1.53. The first-order valence-corrected chi connectivity index (χ1v) is 11.8. The van der Waals surface area contributed by atoms with Crippen LogP contribution in [-0.4, -0.2) is 87.9 Å². The Kier molecular flexibility index (Phi) is 7.32. The number of nitrogens with zero attached hydrogens (tertiary/aromatic N) is 8. The first-order valence-electron chi connectivity index (χ1n) is 11.8. The van der Waals surface area contributed by atoms with Gasteiger partial charge in [0.1, 0.15) is 12.4 Å². The molecule has 13 heteroatoms. The third-order valence-electron chi connectivity index (χ3n) is 5.66. The zero-order valence-corrected chi connectivity index (χ0v) is 20.5. The van der Waals surface area contributed by atoms with Crippen LogP contribution in [0.5, 0.6) is 5.75 Å². The molecule has 3 aromatic heterocycles. The van der Waals surface area contributed by atoms with Gasteiger partial charge < -0.3 is 24.6 Å².